The lowest BCUT2D eigenvalue weighted by Gasteiger charge is -2.18. The molecule has 0 saturated heterocycles. The molecule has 1 aromatic carbocycles. The first-order valence-corrected chi connectivity index (χ1v) is 7.26. The van der Waals surface area contributed by atoms with Gasteiger partial charge >= 0.3 is 0 Å². The maximum Gasteiger partial charge on any atom is 0.237 e. The highest BCUT2D eigenvalue weighted by molar-refractivity contribution is 5.85. The SMILES string of the molecule is COc1cccc(OC(C)CNC(=O)[C@@H](N)CC(C)C)c1.Cl. The van der Waals surface area contributed by atoms with Gasteiger partial charge in [0.15, 0.2) is 0 Å². The van der Waals surface area contributed by atoms with E-state index in [9.17, 15) is 4.79 Å². The van der Waals surface area contributed by atoms with Gasteiger partial charge in [-0.15, -0.1) is 12.4 Å². The summed E-state index contributed by atoms with van der Waals surface area (Å²) in [6, 6.07) is 6.91. The van der Waals surface area contributed by atoms with Crippen LogP contribution in [-0.4, -0.2) is 31.7 Å². The van der Waals surface area contributed by atoms with E-state index in [1.165, 1.54) is 0 Å². The lowest BCUT2D eigenvalue weighted by molar-refractivity contribution is -0.123. The summed E-state index contributed by atoms with van der Waals surface area (Å²) < 4.78 is 10.9. The van der Waals surface area contributed by atoms with Gasteiger partial charge in [-0.2, -0.15) is 0 Å². The number of hydrogen-bond acceptors (Lipinski definition) is 4. The number of halogens is 1. The molecule has 0 aliphatic carbocycles. The van der Waals surface area contributed by atoms with Crippen LogP contribution < -0.4 is 20.5 Å². The summed E-state index contributed by atoms with van der Waals surface area (Å²) in [5, 5.41) is 2.82. The Labute approximate surface area is 139 Å². The Bertz CT molecular complexity index is 455. The van der Waals surface area contributed by atoms with E-state index in [1.54, 1.807) is 7.11 Å². The van der Waals surface area contributed by atoms with Crippen LogP contribution in [0.4, 0.5) is 0 Å². The monoisotopic (exact) mass is 330 g/mol. The highest BCUT2D eigenvalue weighted by Crippen LogP contribution is 2.19. The van der Waals surface area contributed by atoms with Crippen molar-refractivity contribution in [3.05, 3.63) is 24.3 Å². The Morgan fingerprint density at radius 3 is 2.50 bits per heavy atom. The number of methoxy groups -OCH3 is 1. The van der Waals surface area contributed by atoms with Crippen LogP contribution in [0.5, 0.6) is 11.5 Å². The van der Waals surface area contributed by atoms with E-state index >= 15 is 0 Å². The third-order valence-corrected chi connectivity index (χ3v) is 3.00. The largest absolute Gasteiger partial charge is 0.497 e. The van der Waals surface area contributed by atoms with Crippen LogP contribution in [0.25, 0.3) is 0 Å². The second-order valence-corrected chi connectivity index (χ2v) is 5.59. The van der Waals surface area contributed by atoms with Crippen molar-refractivity contribution in [1.82, 2.24) is 5.32 Å². The molecule has 6 heteroatoms. The molecule has 0 radical (unpaired) electrons. The van der Waals surface area contributed by atoms with Crippen molar-refractivity contribution >= 4 is 18.3 Å². The highest BCUT2D eigenvalue weighted by Gasteiger charge is 2.15. The number of ether oxygens (including phenoxy) is 2. The van der Waals surface area contributed by atoms with E-state index in [1.807, 2.05) is 45.0 Å². The Balaban J connectivity index is 0.00000441. The predicted molar refractivity (Wildman–Crippen MR) is 90.8 cm³/mol. The molecule has 1 amide bonds. The van der Waals surface area contributed by atoms with Crippen LogP contribution in [-0.2, 0) is 4.79 Å². The fourth-order valence-electron chi connectivity index (χ4n) is 1.94. The van der Waals surface area contributed by atoms with Crippen molar-refractivity contribution in [3.8, 4) is 11.5 Å². The summed E-state index contributed by atoms with van der Waals surface area (Å²) in [5.74, 6) is 1.71. The van der Waals surface area contributed by atoms with Crippen LogP contribution >= 0.6 is 12.4 Å². The van der Waals surface area contributed by atoms with Crippen molar-refractivity contribution in [2.45, 2.75) is 39.3 Å². The van der Waals surface area contributed by atoms with Crippen LogP contribution in [0.3, 0.4) is 0 Å². The van der Waals surface area contributed by atoms with Gasteiger partial charge in [-0.1, -0.05) is 19.9 Å². The van der Waals surface area contributed by atoms with Gasteiger partial charge in [-0.25, -0.2) is 0 Å². The van der Waals surface area contributed by atoms with Gasteiger partial charge in [-0.05, 0) is 31.4 Å². The third kappa shape index (κ3) is 7.52. The molecule has 0 spiro atoms. The zero-order valence-corrected chi connectivity index (χ0v) is 14.5. The third-order valence-electron chi connectivity index (χ3n) is 3.00. The molecule has 0 fully saturated rings. The van der Waals surface area contributed by atoms with E-state index in [-0.39, 0.29) is 24.4 Å². The predicted octanol–water partition coefficient (Wildman–Crippen LogP) is 2.37. The minimum Gasteiger partial charge on any atom is -0.497 e. The number of benzene rings is 1. The van der Waals surface area contributed by atoms with Crippen molar-refractivity contribution in [3.63, 3.8) is 0 Å². The Hall–Kier alpha value is -1.46. The van der Waals surface area contributed by atoms with Crippen molar-refractivity contribution in [2.24, 2.45) is 11.7 Å². The molecule has 1 unspecified atom stereocenters. The first kappa shape index (κ1) is 20.5. The minimum absolute atomic E-state index is 0. The maximum absolute atomic E-state index is 11.8. The van der Waals surface area contributed by atoms with Gasteiger partial charge in [-0.3, -0.25) is 4.79 Å². The second-order valence-electron chi connectivity index (χ2n) is 5.59. The summed E-state index contributed by atoms with van der Waals surface area (Å²) in [6.07, 6.45) is 0.532. The van der Waals surface area contributed by atoms with Gasteiger partial charge in [0, 0.05) is 6.07 Å². The van der Waals surface area contributed by atoms with Gasteiger partial charge < -0.3 is 20.5 Å². The molecule has 0 aliphatic rings. The molecule has 0 aromatic heterocycles. The number of hydrogen-bond donors (Lipinski definition) is 2. The Morgan fingerprint density at radius 2 is 1.91 bits per heavy atom. The Kier molecular flexibility index (Phi) is 9.61. The van der Waals surface area contributed by atoms with Gasteiger partial charge in [0.2, 0.25) is 5.91 Å². The summed E-state index contributed by atoms with van der Waals surface area (Å²) >= 11 is 0. The quantitative estimate of drug-likeness (QED) is 0.767. The van der Waals surface area contributed by atoms with E-state index in [0.717, 1.165) is 5.75 Å². The molecule has 1 rings (SSSR count). The van der Waals surface area contributed by atoms with Crippen molar-refractivity contribution in [1.29, 1.82) is 0 Å². The van der Waals surface area contributed by atoms with E-state index in [2.05, 4.69) is 5.32 Å². The standard InChI is InChI=1S/C16H26N2O3.ClH/c1-11(2)8-15(17)16(19)18-10-12(3)21-14-7-5-6-13(9-14)20-4;/h5-7,9,11-12,15H,8,10,17H2,1-4H3,(H,18,19);1H/t12?,15-;/m0./s1. The average molecular weight is 331 g/mol. The molecule has 0 bridgehead atoms. The molecule has 2 atom stereocenters. The molecule has 126 valence electrons. The van der Waals surface area contributed by atoms with Crippen LogP contribution in [0, 0.1) is 5.92 Å². The lowest BCUT2D eigenvalue weighted by Crippen LogP contribution is -2.44. The van der Waals surface area contributed by atoms with Crippen LogP contribution in [0.2, 0.25) is 0 Å². The normalized spacial score (nSPS) is 13.0. The number of carbonyl (C=O) groups is 1. The minimum atomic E-state index is -0.464. The Morgan fingerprint density at radius 1 is 1.27 bits per heavy atom. The molecule has 0 aliphatic heterocycles. The van der Waals surface area contributed by atoms with E-state index in [4.69, 9.17) is 15.2 Å². The number of nitrogens with two attached hydrogens (primary N) is 1. The molecular weight excluding hydrogens is 304 g/mol. The van der Waals surface area contributed by atoms with Gasteiger partial charge in [0.1, 0.15) is 17.6 Å². The number of nitrogens with one attached hydrogen (secondary N) is 1. The number of amides is 1. The second kappa shape index (κ2) is 10.3. The molecule has 3 N–H and O–H groups in total. The topological polar surface area (TPSA) is 73.6 Å². The fourth-order valence-corrected chi connectivity index (χ4v) is 1.94. The van der Waals surface area contributed by atoms with Crippen LogP contribution in [0.15, 0.2) is 24.3 Å². The summed E-state index contributed by atoms with van der Waals surface area (Å²) in [6.45, 7) is 6.40. The zero-order chi connectivity index (χ0) is 15.8. The molecule has 0 heterocycles. The fraction of sp³-hybridized carbons (Fsp3) is 0.562. The molecule has 0 saturated carbocycles. The first-order valence-electron chi connectivity index (χ1n) is 7.26. The smallest absolute Gasteiger partial charge is 0.237 e. The molecule has 1 aromatic rings. The zero-order valence-electron chi connectivity index (χ0n) is 13.7. The lowest BCUT2D eigenvalue weighted by atomic mass is 10.0. The molecular formula is C16H27ClN2O3. The molecule has 22 heavy (non-hydrogen) atoms. The van der Waals surface area contributed by atoms with E-state index < -0.39 is 6.04 Å². The number of rotatable bonds is 8. The highest BCUT2D eigenvalue weighted by atomic mass is 35.5. The average Bonchev–Trinajstić information content (AvgIpc) is 2.44. The molecule has 5 nitrogen and oxygen atoms in total. The van der Waals surface area contributed by atoms with Gasteiger partial charge in [0.05, 0.1) is 19.7 Å². The maximum atomic E-state index is 11.8. The van der Waals surface area contributed by atoms with Crippen molar-refractivity contribution in [2.75, 3.05) is 13.7 Å². The summed E-state index contributed by atoms with van der Waals surface area (Å²) in [7, 11) is 1.61. The summed E-state index contributed by atoms with van der Waals surface area (Å²) in [5.41, 5.74) is 5.83. The first-order chi connectivity index (χ1) is 9.92. The number of carbonyl (C=O) groups excluding carboxylic acids is 1. The van der Waals surface area contributed by atoms with Crippen LogP contribution in [0.1, 0.15) is 27.2 Å². The van der Waals surface area contributed by atoms with Gasteiger partial charge in [0.25, 0.3) is 0 Å². The summed E-state index contributed by atoms with van der Waals surface area (Å²) in [4.78, 5) is 11.8. The van der Waals surface area contributed by atoms with E-state index in [0.29, 0.717) is 24.6 Å². The van der Waals surface area contributed by atoms with Crippen molar-refractivity contribution < 1.29 is 14.3 Å².